The van der Waals surface area contributed by atoms with Crippen molar-refractivity contribution in [2.24, 2.45) is 0 Å². The lowest BCUT2D eigenvalue weighted by Crippen LogP contribution is -2.16. The number of para-hydroxylation sites is 2. The topological polar surface area (TPSA) is 99.6 Å². The molecule has 0 amide bonds. The highest BCUT2D eigenvalue weighted by atomic mass is 16.5. The van der Waals surface area contributed by atoms with E-state index in [1.807, 2.05) is 96.5 Å². The van der Waals surface area contributed by atoms with Gasteiger partial charge < -0.3 is 14.6 Å². The van der Waals surface area contributed by atoms with Crippen LogP contribution in [0.15, 0.2) is 97.3 Å². The highest BCUT2D eigenvalue weighted by Gasteiger charge is 2.39. The van der Waals surface area contributed by atoms with Crippen LogP contribution in [0.1, 0.15) is 28.3 Å². The van der Waals surface area contributed by atoms with Crippen LogP contribution in [-0.4, -0.2) is 41.6 Å². The summed E-state index contributed by atoms with van der Waals surface area (Å²) in [6.07, 6.45) is 1.59. The second-order valence-corrected chi connectivity index (χ2v) is 10.2. The molecular formula is C33H24N6O3. The van der Waals surface area contributed by atoms with Gasteiger partial charge in [0, 0.05) is 5.56 Å². The predicted octanol–water partition coefficient (Wildman–Crippen LogP) is 6.44. The molecule has 42 heavy (non-hydrogen) atoms. The lowest BCUT2D eigenvalue weighted by atomic mass is 9.84. The van der Waals surface area contributed by atoms with Gasteiger partial charge in [0.25, 0.3) is 0 Å². The van der Waals surface area contributed by atoms with Gasteiger partial charge in [0.2, 0.25) is 11.8 Å². The zero-order chi connectivity index (χ0) is 28.4. The van der Waals surface area contributed by atoms with E-state index in [1.165, 1.54) is 0 Å². The molecular weight excluding hydrogens is 528 g/mol. The van der Waals surface area contributed by atoms with E-state index in [0.717, 1.165) is 44.6 Å². The molecule has 3 aromatic heterocycles. The van der Waals surface area contributed by atoms with Gasteiger partial charge in [-0.2, -0.15) is 5.10 Å². The van der Waals surface area contributed by atoms with Crippen LogP contribution < -0.4 is 9.47 Å². The second-order valence-electron chi connectivity index (χ2n) is 10.2. The number of aromatic nitrogens is 6. The number of nitrogens with zero attached hydrogens (tertiary/aromatic N) is 6. The first-order chi connectivity index (χ1) is 20.6. The number of hydrogen-bond acceptors (Lipinski definition) is 7. The van der Waals surface area contributed by atoms with Crippen molar-refractivity contribution in [3.63, 3.8) is 0 Å². The maximum atomic E-state index is 10.9. The standard InChI is InChI=1S/C33H24N6O3/c1-19-27-28(23-14-8-9-15-26(23)41-2)29-31-35-30(24-16-20-10-6-7-11-21(20)17-25(24)40)37-38(31)18-34-32(29)42-33(27)39(36-19)22-12-4-3-5-13-22/h3-18,28,40H,1-2H3/t28-/m1/s1. The minimum atomic E-state index is -0.365. The number of rotatable bonds is 4. The summed E-state index contributed by atoms with van der Waals surface area (Å²) in [5.74, 6) is 1.84. The fourth-order valence-electron chi connectivity index (χ4n) is 5.86. The van der Waals surface area contributed by atoms with E-state index in [1.54, 1.807) is 24.0 Å². The minimum Gasteiger partial charge on any atom is -0.507 e. The normalized spacial score (nSPS) is 14.0. The van der Waals surface area contributed by atoms with Crippen molar-refractivity contribution in [2.45, 2.75) is 12.8 Å². The minimum absolute atomic E-state index is 0.103. The molecule has 1 aliphatic heterocycles. The summed E-state index contributed by atoms with van der Waals surface area (Å²) in [6.45, 7) is 1.98. The van der Waals surface area contributed by atoms with Crippen molar-refractivity contribution in [3.05, 3.63) is 120 Å². The van der Waals surface area contributed by atoms with Crippen molar-refractivity contribution in [1.29, 1.82) is 0 Å². The zero-order valence-corrected chi connectivity index (χ0v) is 22.8. The number of methoxy groups -OCH3 is 1. The average molecular weight is 553 g/mol. The Balaban J connectivity index is 1.39. The zero-order valence-electron chi connectivity index (χ0n) is 22.8. The van der Waals surface area contributed by atoms with E-state index < -0.39 is 0 Å². The van der Waals surface area contributed by atoms with Crippen molar-refractivity contribution >= 4 is 16.4 Å². The summed E-state index contributed by atoms with van der Waals surface area (Å²) in [7, 11) is 1.66. The molecule has 4 heterocycles. The second kappa shape index (κ2) is 9.17. The number of aryl methyl sites for hydroxylation is 1. The quantitative estimate of drug-likeness (QED) is 0.268. The summed E-state index contributed by atoms with van der Waals surface area (Å²) >= 11 is 0. The smallest absolute Gasteiger partial charge is 0.230 e. The lowest BCUT2D eigenvalue weighted by Gasteiger charge is -2.27. The Labute approximate surface area is 240 Å². The Morgan fingerprint density at radius 2 is 1.60 bits per heavy atom. The molecule has 1 atom stereocenters. The number of aromatic hydroxyl groups is 1. The summed E-state index contributed by atoms with van der Waals surface area (Å²) in [6, 6.07) is 29.3. The molecule has 0 saturated carbocycles. The summed E-state index contributed by atoms with van der Waals surface area (Å²) in [5.41, 5.74) is 5.34. The van der Waals surface area contributed by atoms with Crippen LogP contribution >= 0.6 is 0 Å². The van der Waals surface area contributed by atoms with Crippen LogP contribution in [0.2, 0.25) is 0 Å². The Morgan fingerprint density at radius 3 is 2.40 bits per heavy atom. The highest BCUT2D eigenvalue weighted by molar-refractivity contribution is 5.89. The predicted molar refractivity (Wildman–Crippen MR) is 158 cm³/mol. The largest absolute Gasteiger partial charge is 0.507 e. The van der Waals surface area contributed by atoms with Gasteiger partial charge in [-0.3, -0.25) is 0 Å². The van der Waals surface area contributed by atoms with Crippen molar-refractivity contribution in [1.82, 2.24) is 29.4 Å². The number of phenolic OH excluding ortho intramolecular Hbond substituents is 1. The first kappa shape index (κ1) is 24.1. The Morgan fingerprint density at radius 1 is 0.857 bits per heavy atom. The highest BCUT2D eigenvalue weighted by Crippen LogP contribution is 2.51. The van der Waals surface area contributed by atoms with Crippen molar-refractivity contribution in [3.8, 4) is 40.3 Å². The molecule has 1 N–H and O–H groups in total. The Kier molecular flexibility index (Phi) is 5.27. The van der Waals surface area contributed by atoms with Gasteiger partial charge in [0.15, 0.2) is 11.5 Å². The van der Waals surface area contributed by atoms with Crippen LogP contribution in [0, 0.1) is 6.92 Å². The average Bonchev–Trinajstić information content (AvgIpc) is 3.61. The van der Waals surface area contributed by atoms with E-state index >= 15 is 0 Å². The van der Waals surface area contributed by atoms with E-state index in [-0.39, 0.29) is 11.7 Å². The summed E-state index contributed by atoms with van der Waals surface area (Å²) < 4.78 is 15.8. The van der Waals surface area contributed by atoms with E-state index in [0.29, 0.717) is 28.8 Å². The van der Waals surface area contributed by atoms with Gasteiger partial charge in [-0.1, -0.05) is 60.7 Å². The maximum Gasteiger partial charge on any atom is 0.230 e. The van der Waals surface area contributed by atoms with Gasteiger partial charge in [0.05, 0.1) is 41.1 Å². The molecule has 0 radical (unpaired) electrons. The van der Waals surface area contributed by atoms with Crippen LogP contribution in [-0.2, 0) is 0 Å². The Bertz CT molecular complexity index is 2150. The van der Waals surface area contributed by atoms with Gasteiger partial charge in [0.1, 0.15) is 17.8 Å². The van der Waals surface area contributed by atoms with Crippen LogP contribution in [0.4, 0.5) is 0 Å². The van der Waals surface area contributed by atoms with Gasteiger partial charge in [-0.25, -0.2) is 19.2 Å². The first-order valence-electron chi connectivity index (χ1n) is 13.5. The number of benzene rings is 4. The van der Waals surface area contributed by atoms with E-state index in [4.69, 9.17) is 29.6 Å². The molecule has 7 aromatic rings. The molecule has 0 fully saturated rings. The molecule has 4 aromatic carbocycles. The molecule has 0 aliphatic carbocycles. The number of ether oxygens (including phenoxy) is 2. The third-order valence-electron chi connectivity index (χ3n) is 7.78. The fourth-order valence-corrected chi connectivity index (χ4v) is 5.86. The molecule has 1 aliphatic rings. The molecule has 9 nitrogen and oxygen atoms in total. The number of hydrogen-bond donors (Lipinski definition) is 1. The Hall–Kier alpha value is -5.70. The van der Waals surface area contributed by atoms with Gasteiger partial charge in [-0.15, -0.1) is 5.10 Å². The molecule has 0 spiro atoms. The van der Waals surface area contributed by atoms with Crippen molar-refractivity contribution < 1.29 is 14.6 Å². The monoisotopic (exact) mass is 552 g/mol. The van der Waals surface area contributed by atoms with Crippen LogP contribution in [0.5, 0.6) is 23.3 Å². The lowest BCUT2D eigenvalue weighted by molar-refractivity contribution is 0.393. The number of fused-ring (bicyclic) bond motifs is 5. The van der Waals surface area contributed by atoms with Gasteiger partial charge >= 0.3 is 0 Å². The third-order valence-corrected chi connectivity index (χ3v) is 7.78. The molecule has 204 valence electrons. The number of phenols is 1. The summed E-state index contributed by atoms with van der Waals surface area (Å²) in [5, 5.41) is 22.5. The molecule has 9 heteroatoms. The van der Waals surface area contributed by atoms with E-state index in [2.05, 4.69) is 0 Å². The fraction of sp³-hybridized carbons (Fsp3) is 0.0909. The molecule has 0 bridgehead atoms. The summed E-state index contributed by atoms with van der Waals surface area (Å²) in [4.78, 5) is 9.66. The van der Waals surface area contributed by atoms with Crippen LogP contribution in [0.3, 0.4) is 0 Å². The maximum absolute atomic E-state index is 10.9. The molecule has 0 unspecified atom stereocenters. The van der Waals surface area contributed by atoms with Crippen molar-refractivity contribution in [2.75, 3.05) is 7.11 Å². The molecule has 0 saturated heterocycles. The third kappa shape index (κ3) is 3.56. The van der Waals surface area contributed by atoms with E-state index in [9.17, 15) is 5.11 Å². The molecule has 8 rings (SSSR count). The van der Waals surface area contributed by atoms with Gasteiger partial charge in [-0.05, 0) is 48.0 Å². The first-order valence-corrected chi connectivity index (χ1v) is 13.5. The van der Waals surface area contributed by atoms with Crippen LogP contribution in [0.25, 0.3) is 33.5 Å². The SMILES string of the molecule is COc1ccccc1[C@@H]1c2c(C)nn(-c3ccccc3)c2Oc2ncn3nc(-c4cc5ccccc5cc4O)nc3c21.